The lowest BCUT2D eigenvalue weighted by molar-refractivity contribution is -0.0480. The van der Waals surface area contributed by atoms with Crippen LogP contribution in [0.3, 0.4) is 0 Å². The van der Waals surface area contributed by atoms with Gasteiger partial charge in [0, 0.05) is 19.6 Å². The molecular formula is C19H32N2O2. The first-order valence-electron chi connectivity index (χ1n) is 8.67. The zero-order chi connectivity index (χ0) is 16.9. The number of likely N-dealkylation sites (tertiary alicyclic amines) is 1. The summed E-state index contributed by atoms with van der Waals surface area (Å²) in [5.74, 6) is 1.47. The maximum atomic E-state index is 10.8. The van der Waals surface area contributed by atoms with Gasteiger partial charge in [-0.3, -0.25) is 4.90 Å². The Kier molecular flexibility index (Phi) is 6.45. The number of aliphatic hydroxyl groups is 1. The van der Waals surface area contributed by atoms with E-state index in [4.69, 9.17) is 4.74 Å². The third-order valence-electron chi connectivity index (χ3n) is 4.13. The number of rotatable bonds is 7. The minimum absolute atomic E-state index is 0.529. The highest BCUT2D eigenvalue weighted by molar-refractivity contribution is 5.28. The molecule has 23 heavy (non-hydrogen) atoms. The van der Waals surface area contributed by atoms with Gasteiger partial charge in [-0.05, 0) is 57.1 Å². The van der Waals surface area contributed by atoms with E-state index in [1.165, 1.54) is 5.56 Å². The van der Waals surface area contributed by atoms with Crippen molar-refractivity contribution in [2.45, 2.75) is 38.8 Å². The lowest BCUT2D eigenvalue weighted by Crippen LogP contribution is -2.52. The van der Waals surface area contributed by atoms with E-state index in [0.717, 1.165) is 51.4 Å². The van der Waals surface area contributed by atoms with E-state index in [1.54, 1.807) is 0 Å². The van der Waals surface area contributed by atoms with Crippen molar-refractivity contribution in [3.8, 4) is 5.75 Å². The van der Waals surface area contributed by atoms with Crippen LogP contribution in [-0.4, -0.2) is 60.8 Å². The number of hydrogen-bond donors (Lipinski definition) is 1. The SMILES string of the molecule is CC(C)COc1cccc(CN2CCC[C@@](O)(CN(C)C)C2)c1. The molecule has 0 saturated carbocycles. The second-order valence-electron chi connectivity index (χ2n) is 7.63. The molecule has 1 aliphatic rings. The monoisotopic (exact) mass is 320 g/mol. The van der Waals surface area contributed by atoms with Gasteiger partial charge in [0.2, 0.25) is 0 Å². The molecule has 0 aromatic heterocycles. The Balaban J connectivity index is 1.94. The van der Waals surface area contributed by atoms with Gasteiger partial charge in [-0.2, -0.15) is 0 Å². The van der Waals surface area contributed by atoms with Crippen LogP contribution in [0, 0.1) is 5.92 Å². The third-order valence-corrected chi connectivity index (χ3v) is 4.13. The topological polar surface area (TPSA) is 35.9 Å². The Morgan fingerprint density at radius 1 is 1.35 bits per heavy atom. The van der Waals surface area contributed by atoms with Crippen molar-refractivity contribution >= 4 is 0 Å². The number of piperidine rings is 1. The number of ether oxygens (including phenoxy) is 1. The van der Waals surface area contributed by atoms with Crippen LogP contribution in [-0.2, 0) is 6.54 Å². The second-order valence-corrected chi connectivity index (χ2v) is 7.63. The van der Waals surface area contributed by atoms with Crippen molar-refractivity contribution in [2.75, 3.05) is 40.3 Å². The number of likely N-dealkylation sites (N-methyl/N-ethyl adjacent to an activating group) is 1. The van der Waals surface area contributed by atoms with Gasteiger partial charge in [0.1, 0.15) is 5.75 Å². The lowest BCUT2D eigenvalue weighted by atomic mass is 9.92. The molecule has 4 nitrogen and oxygen atoms in total. The molecule has 1 aliphatic heterocycles. The summed E-state index contributed by atoms with van der Waals surface area (Å²) < 4.78 is 5.82. The molecule has 0 spiro atoms. The van der Waals surface area contributed by atoms with Gasteiger partial charge in [-0.25, -0.2) is 0 Å². The van der Waals surface area contributed by atoms with E-state index in [1.807, 2.05) is 20.2 Å². The fourth-order valence-electron chi connectivity index (χ4n) is 3.31. The fourth-order valence-corrected chi connectivity index (χ4v) is 3.31. The quantitative estimate of drug-likeness (QED) is 0.838. The van der Waals surface area contributed by atoms with E-state index < -0.39 is 5.60 Å². The number of hydrogen-bond acceptors (Lipinski definition) is 4. The molecule has 0 unspecified atom stereocenters. The van der Waals surface area contributed by atoms with Crippen LogP contribution >= 0.6 is 0 Å². The molecule has 4 heteroatoms. The first-order chi connectivity index (χ1) is 10.9. The first kappa shape index (κ1) is 18.2. The molecule has 1 aromatic rings. The van der Waals surface area contributed by atoms with E-state index in [0.29, 0.717) is 5.92 Å². The van der Waals surface area contributed by atoms with Crippen LogP contribution in [0.25, 0.3) is 0 Å². The van der Waals surface area contributed by atoms with E-state index in [9.17, 15) is 5.11 Å². The summed E-state index contributed by atoms with van der Waals surface area (Å²) in [5, 5.41) is 10.8. The maximum Gasteiger partial charge on any atom is 0.119 e. The Labute approximate surface area is 141 Å². The molecule has 0 aliphatic carbocycles. The normalized spacial score (nSPS) is 22.7. The molecule has 130 valence electrons. The van der Waals surface area contributed by atoms with Gasteiger partial charge < -0.3 is 14.7 Å². The van der Waals surface area contributed by atoms with Crippen LogP contribution in [0.1, 0.15) is 32.3 Å². The molecular weight excluding hydrogens is 288 g/mol. The second kappa shape index (κ2) is 8.13. The van der Waals surface area contributed by atoms with E-state index in [-0.39, 0.29) is 0 Å². The van der Waals surface area contributed by atoms with Crippen LogP contribution in [0.4, 0.5) is 0 Å². The van der Waals surface area contributed by atoms with Gasteiger partial charge in [0.15, 0.2) is 0 Å². The van der Waals surface area contributed by atoms with Crippen LogP contribution < -0.4 is 4.74 Å². The summed E-state index contributed by atoms with van der Waals surface area (Å²) >= 11 is 0. The Hall–Kier alpha value is -1.10. The summed E-state index contributed by atoms with van der Waals surface area (Å²) in [7, 11) is 4.04. The summed E-state index contributed by atoms with van der Waals surface area (Å²) in [5.41, 5.74) is 0.661. The summed E-state index contributed by atoms with van der Waals surface area (Å²) in [6.45, 7) is 8.44. The van der Waals surface area contributed by atoms with E-state index in [2.05, 4.69) is 41.8 Å². The zero-order valence-electron chi connectivity index (χ0n) is 15.1. The molecule has 1 atom stereocenters. The van der Waals surface area contributed by atoms with Crippen molar-refractivity contribution < 1.29 is 9.84 Å². The average Bonchev–Trinajstić information content (AvgIpc) is 2.44. The van der Waals surface area contributed by atoms with Gasteiger partial charge in [-0.15, -0.1) is 0 Å². The summed E-state index contributed by atoms with van der Waals surface area (Å²) in [4.78, 5) is 4.43. The number of nitrogens with zero attached hydrogens (tertiary/aromatic N) is 2. The van der Waals surface area contributed by atoms with Crippen LogP contribution in [0.5, 0.6) is 5.75 Å². The molecule has 1 heterocycles. The zero-order valence-corrected chi connectivity index (χ0v) is 15.1. The standard InChI is InChI=1S/C19H32N2O2/c1-16(2)13-23-18-8-5-7-17(11-18)12-21-10-6-9-19(22,15-21)14-20(3)4/h5,7-8,11,16,22H,6,9-10,12-15H2,1-4H3/t19-/m1/s1. The molecule has 1 saturated heterocycles. The molecule has 0 radical (unpaired) electrons. The van der Waals surface area contributed by atoms with Gasteiger partial charge >= 0.3 is 0 Å². The fraction of sp³-hybridized carbons (Fsp3) is 0.684. The van der Waals surface area contributed by atoms with Crippen molar-refractivity contribution in [1.29, 1.82) is 0 Å². The highest BCUT2D eigenvalue weighted by atomic mass is 16.5. The molecule has 0 amide bonds. The predicted octanol–water partition coefficient (Wildman–Crippen LogP) is 2.61. The number of β-amino-alcohol motifs (C(OH)–C–C–N with tert-alkyl or cyclic N) is 1. The Bertz CT molecular complexity index is 490. The first-order valence-corrected chi connectivity index (χ1v) is 8.67. The largest absolute Gasteiger partial charge is 0.493 e. The summed E-state index contributed by atoms with van der Waals surface area (Å²) in [6.07, 6.45) is 1.94. The predicted molar refractivity (Wildman–Crippen MR) is 94.8 cm³/mol. The van der Waals surface area contributed by atoms with E-state index >= 15 is 0 Å². The van der Waals surface area contributed by atoms with Crippen molar-refractivity contribution in [3.63, 3.8) is 0 Å². The van der Waals surface area contributed by atoms with Gasteiger partial charge in [0.25, 0.3) is 0 Å². The highest BCUT2D eigenvalue weighted by Gasteiger charge is 2.33. The van der Waals surface area contributed by atoms with Gasteiger partial charge in [-0.1, -0.05) is 26.0 Å². The minimum Gasteiger partial charge on any atom is -0.493 e. The molecule has 0 bridgehead atoms. The molecule has 1 aromatic carbocycles. The molecule has 2 rings (SSSR count). The average molecular weight is 320 g/mol. The Morgan fingerprint density at radius 3 is 2.83 bits per heavy atom. The lowest BCUT2D eigenvalue weighted by Gasteiger charge is -2.40. The van der Waals surface area contributed by atoms with Crippen LogP contribution in [0.15, 0.2) is 24.3 Å². The minimum atomic E-state index is -0.590. The van der Waals surface area contributed by atoms with Crippen molar-refractivity contribution in [2.24, 2.45) is 5.92 Å². The van der Waals surface area contributed by atoms with Gasteiger partial charge in [0.05, 0.1) is 12.2 Å². The van der Waals surface area contributed by atoms with Crippen molar-refractivity contribution in [3.05, 3.63) is 29.8 Å². The van der Waals surface area contributed by atoms with Crippen molar-refractivity contribution in [1.82, 2.24) is 9.80 Å². The Morgan fingerprint density at radius 2 is 2.13 bits per heavy atom. The van der Waals surface area contributed by atoms with Crippen LogP contribution in [0.2, 0.25) is 0 Å². The maximum absolute atomic E-state index is 10.8. The molecule has 1 N–H and O–H groups in total. The smallest absolute Gasteiger partial charge is 0.119 e. The summed E-state index contributed by atoms with van der Waals surface area (Å²) in [6, 6.07) is 8.34. The molecule has 1 fully saturated rings. The number of benzene rings is 1. The third kappa shape index (κ3) is 6.13. The highest BCUT2D eigenvalue weighted by Crippen LogP contribution is 2.24.